The molecule has 0 aromatic heterocycles. The van der Waals surface area contributed by atoms with Gasteiger partial charge in [0.25, 0.3) is 0 Å². The van der Waals surface area contributed by atoms with E-state index in [-0.39, 0.29) is 24.4 Å². The van der Waals surface area contributed by atoms with Gasteiger partial charge in [-0.2, -0.15) is 0 Å². The summed E-state index contributed by atoms with van der Waals surface area (Å²) in [7, 11) is 5.36. The van der Waals surface area contributed by atoms with Gasteiger partial charge in [0, 0.05) is 13.7 Å². The first-order valence-electron chi connectivity index (χ1n) is 6.23. The maximum atomic E-state index is 12.3. The largest absolute Gasteiger partial charge is 0.383 e. The molecule has 1 heterocycles. The molecule has 0 N–H and O–H groups in total. The first-order chi connectivity index (χ1) is 8.51. The second-order valence-electron chi connectivity index (χ2n) is 4.72. The van der Waals surface area contributed by atoms with Crippen molar-refractivity contribution in [1.82, 2.24) is 14.7 Å². The van der Waals surface area contributed by atoms with Gasteiger partial charge in [0.05, 0.1) is 19.3 Å². The third-order valence-electron chi connectivity index (χ3n) is 3.19. The lowest BCUT2D eigenvalue weighted by molar-refractivity contribution is -0.136. The number of methoxy groups -OCH3 is 1. The lowest BCUT2D eigenvalue weighted by Gasteiger charge is -2.26. The van der Waals surface area contributed by atoms with E-state index < -0.39 is 0 Å². The number of likely N-dealkylation sites (N-methyl/N-ethyl adjacent to an activating group) is 1. The van der Waals surface area contributed by atoms with E-state index in [4.69, 9.17) is 4.74 Å². The van der Waals surface area contributed by atoms with Gasteiger partial charge in [-0.15, -0.1) is 0 Å². The zero-order valence-electron chi connectivity index (χ0n) is 11.7. The van der Waals surface area contributed by atoms with Crippen LogP contribution in [0.1, 0.15) is 13.3 Å². The van der Waals surface area contributed by atoms with Gasteiger partial charge in [-0.25, -0.2) is 0 Å². The third kappa shape index (κ3) is 3.43. The fourth-order valence-corrected chi connectivity index (χ4v) is 2.11. The molecule has 0 bridgehead atoms. The number of ether oxygens (including phenoxy) is 1. The number of hydrogen-bond acceptors (Lipinski definition) is 4. The standard InChI is InChI=1S/C12H23N3O3/c1-5-10(13(2)3)12(17)15-8-11(16)14(9-15)6-7-18-4/h10H,5-9H2,1-4H3. The van der Waals surface area contributed by atoms with Crippen molar-refractivity contribution in [2.75, 3.05) is 47.6 Å². The van der Waals surface area contributed by atoms with E-state index in [0.717, 1.165) is 6.42 Å². The summed E-state index contributed by atoms with van der Waals surface area (Å²) >= 11 is 0. The summed E-state index contributed by atoms with van der Waals surface area (Å²) in [4.78, 5) is 29.2. The quantitative estimate of drug-likeness (QED) is 0.650. The highest BCUT2D eigenvalue weighted by molar-refractivity contribution is 5.90. The van der Waals surface area contributed by atoms with Crippen molar-refractivity contribution in [2.45, 2.75) is 19.4 Å². The van der Waals surface area contributed by atoms with Crippen LogP contribution in [0.5, 0.6) is 0 Å². The zero-order chi connectivity index (χ0) is 13.7. The Morgan fingerprint density at radius 3 is 2.67 bits per heavy atom. The molecule has 0 spiro atoms. The molecule has 104 valence electrons. The van der Waals surface area contributed by atoms with Crippen LogP contribution < -0.4 is 0 Å². The predicted molar refractivity (Wildman–Crippen MR) is 67.9 cm³/mol. The van der Waals surface area contributed by atoms with E-state index in [9.17, 15) is 9.59 Å². The summed E-state index contributed by atoms with van der Waals surface area (Å²) in [6, 6.07) is -0.153. The lowest BCUT2D eigenvalue weighted by Crippen LogP contribution is -2.45. The molecule has 1 aliphatic heterocycles. The minimum absolute atomic E-state index is 0.00555. The van der Waals surface area contributed by atoms with Gasteiger partial charge in [-0.1, -0.05) is 6.92 Å². The normalized spacial score (nSPS) is 17.7. The topological polar surface area (TPSA) is 53.1 Å². The highest BCUT2D eigenvalue weighted by atomic mass is 16.5. The number of carbonyl (C=O) groups excluding carboxylic acids is 2. The molecule has 6 heteroatoms. The van der Waals surface area contributed by atoms with Crippen LogP contribution >= 0.6 is 0 Å². The molecule has 18 heavy (non-hydrogen) atoms. The molecule has 0 aliphatic carbocycles. The zero-order valence-corrected chi connectivity index (χ0v) is 11.7. The van der Waals surface area contributed by atoms with Gasteiger partial charge in [-0.05, 0) is 20.5 Å². The Labute approximate surface area is 108 Å². The number of carbonyl (C=O) groups is 2. The van der Waals surface area contributed by atoms with Crippen LogP contribution in [0, 0.1) is 0 Å². The van der Waals surface area contributed by atoms with Crippen LogP contribution in [0.25, 0.3) is 0 Å². The molecular weight excluding hydrogens is 234 g/mol. The van der Waals surface area contributed by atoms with Crippen molar-refractivity contribution < 1.29 is 14.3 Å². The van der Waals surface area contributed by atoms with Crippen LogP contribution in [0.2, 0.25) is 0 Å². The highest BCUT2D eigenvalue weighted by Crippen LogP contribution is 2.11. The fourth-order valence-electron chi connectivity index (χ4n) is 2.11. The van der Waals surface area contributed by atoms with Crippen molar-refractivity contribution in [3.8, 4) is 0 Å². The van der Waals surface area contributed by atoms with E-state index in [0.29, 0.717) is 19.8 Å². The van der Waals surface area contributed by atoms with Gasteiger partial charge in [-0.3, -0.25) is 14.5 Å². The second kappa shape index (κ2) is 6.70. The van der Waals surface area contributed by atoms with Crippen LogP contribution in [0.3, 0.4) is 0 Å². The van der Waals surface area contributed by atoms with E-state index in [1.807, 2.05) is 25.9 Å². The molecule has 1 unspecified atom stereocenters. The molecule has 0 radical (unpaired) electrons. The maximum absolute atomic E-state index is 12.3. The van der Waals surface area contributed by atoms with Crippen molar-refractivity contribution >= 4 is 11.8 Å². The van der Waals surface area contributed by atoms with Gasteiger partial charge >= 0.3 is 0 Å². The van der Waals surface area contributed by atoms with Crippen molar-refractivity contribution in [3.63, 3.8) is 0 Å². The van der Waals surface area contributed by atoms with Crippen molar-refractivity contribution in [2.24, 2.45) is 0 Å². The minimum atomic E-state index is -0.153. The molecule has 1 rings (SSSR count). The summed E-state index contributed by atoms with van der Waals surface area (Å²) in [5.41, 5.74) is 0. The molecule has 1 aliphatic rings. The average Bonchev–Trinajstić information content (AvgIpc) is 2.68. The van der Waals surface area contributed by atoms with Crippen molar-refractivity contribution in [3.05, 3.63) is 0 Å². The minimum Gasteiger partial charge on any atom is -0.383 e. The van der Waals surface area contributed by atoms with E-state index >= 15 is 0 Å². The summed E-state index contributed by atoms with van der Waals surface area (Å²) in [5.74, 6) is 0.0183. The van der Waals surface area contributed by atoms with E-state index in [1.54, 1.807) is 16.9 Å². The summed E-state index contributed by atoms with van der Waals surface area (Å²) < 4.78 is 4.95. The highest BCUT2D eigenvalue weighted by Gasteiger charge is 2.33. The number of nitrogens with zero attached hydrogens (tertiary/aromatic N) is 3. The van der Waals surface area contributed by atoms with E-state index in [2.05, 4.69) is 0 Å². The van der Waals surface area contributed by atoms with Gasteiger partial charge < -0.3 is 14.5 Å². The first-order valence-corrected chi connectivity index (χ1v) is 6.23. The number of hydrogen-bond donors (Lipinski definition) is 0. The molecule has 2 amide bonds. The Morgan fingerprint density at radius 2 is 2.17 bits per heavy atom. The second-order valence-corrected chi connectivity index (χ2v) is 4.72. The predicted octanol–water partition coefficient (Wildman–Crippen LogP) is -0.399. The monoisotopic (exact) mass is 257 g/mol. The number of amides is 2. The van der Waals surface area contributed by atoms with Crippen molar-refractivity contribution in [1.29, 1.82) is 0 Å². The molecular formula is C12H23N3O3. The third-order valence-corrected chi connectivity index (χ3v) is 3.19. The fraction of sp³-hybridized carbons (Fsp3) is 0.833. The van der Waals surface area contributed by atoms with Crippen LogP contribution in [0.15, 0.2) is 0 Å². The van der Waals surface area contributed by atoms with E-state index in [1.165, 1.54) is 0 Å². The Kier molecular flexibility index (Phi) is 5.55. The first kappa shape index (κ1) is 14.9. The van der Waals surface area contributed by atoms with Gasteiger partial charge in [0.1, 0.15) is 6.54 Å². The van der Waals surface area contributed by atoms with Crippen LogP contribution in [0.4, 0.5) is 0 Å². The summed E-state index contributed by atoms with van der Waals surface area (Å²) in [6.45, 7) is 3.58. The molecule has 1 saturated heterocycles. The molecule has 1 atom stereocenters. The Balaban J connectivity index is 2.59. The average molecular weight is 257 g/mol. The Morgan fingerprint density at radius 1 is 1.50 bits per heavy atom. The van der Waals surface area contributed by atoms with Gasteiger partial charge in [0.15, 0.2) is 0 Å². The maximum Gasteiger partial charge on any atom is 0.243 e. The smallest absolute Gasteiger partial charge is 0.243 e. The van der Waals surface area contributed by atoms with Crippen LogP contribution in [-0.2, 0) is 14.3 Å². The summed E-state index contributed by atoms with van der Waals surface area (Å²) in [5, 5.41) is 0. The Bertz CT molecular complexity index is 307. The lowest BCUT2D eigenvalue weighted by atomic mass is 10.2. The molecule has 1 fully saturated rings. The SMILES string of the molecule is CCC(C(=O)N1CC(=O)N(CCOC)C1)N(C)C. The molecule has 0 aromatic carbocycles. The molecule has 0 aromatic rings. The Hall–Kier alpha value is -1.14. The number of rotatable bonds is 6. The molecule has 6 nitrogen and oxygen atoms in total. The van der Waals surface area contributed by atoms with Crippen LogP contribution in [-0.4, -0.2) is 80.1 Å². The van der Waals surface area contributed by atoms with Gasteiger partial charge in [0.2, 0.25) is 11.8 Å². The summed E-state index contributed by atoms with van der Waals surface area (Å²) in [6.07, 6.45) is 0.745. The molecule has 0 saturated carbocycles.